The number of hydrogen-bond acceptors (Lipinski definition) is 4. The highest BCUT2D eigenvalue weighted by Gasteiger charge is 2.28. The maximum Gasteiger partial charge on any atom is 0.308 e. The van der Waals surface area contributed by atoms with Gasteiger partial charge in [-0.05, 0) is 36.6 Å². The van der Waals surface area contributed by atoms with Crippen LogP contribution in [0.15, 0.2) is 54.9 Å². The van der Waals surface area contributed by atoms with Crippen molar-refractivity contribution in [2.45, 2.75) is 19.4 Å². The molecule has 1 aromatic carbocycles. The number of aromatic nitrogens is 1. The Labute approximate surface area is 153 Å². The smallest absolute Gasteiger partial charge is 0.308 e. The minimum absolute atomic E-state index is 0.0382. The fourth-order valence-electron chi connectivity index (χ4n) is 3.26. The molecule has 6 heteroatoms. The number of carboxylic acids is 1. The van der Waals surface area contributed by atoms with E-state index in [9.17, 15) is 14.7 Å². The molecule has 1 atom stereocenters. The third-order valence-corrected chi connectivity index (χ3v) is 4.67. The number of piperidine rings is 1. The third kappa shape index (κ3) is 4.59. The first kappa shape index (κ1) is 17.9. The van der Waals surface area contributed by atoms with E-state index in [1.807, 2.05) is 47.4 Å². The van der Waals surface area contributed by atoms with Crippen LogP contribution in [0.1, 0.15) is 18.4 Å². The van der Waals surface area contributed by atoms with Crippen molar-refractivity contribution < 1.29 is 14.7 Å². The molecule has 1 amide bonds. The molecule has 2 aromatic rings. The minimum Gasteiger partial charge on any atom is -0.481 e. The van der Waals surface area contributed by atoms with Crippen molar-refractivity contribution in [2.24, 2.45) is 5.92 Å². The first-order valence-corrected chi connectivity index (χ1v) is 8.83. The predicted octanol–water partition coefficient (Wildman–Crippen LogP) is 2.41. The van der Waals surface area contributed by atoms with Gasteiger partial charge in [0.1, 0.15) is 0 Å². The van der Waals surface area contributed by atoms with Gasteiger partial charge in [0.25, 0.3) is 0 Å². The molecular formula is C20H23N3O3. The van der Waals surface area contributed by atoms with Gasteiger partial charge in [-0.25, -0.2) is 0 Å². The van der Waals surface area contributed by atoms with Crippen molar-refractivity contribution in [1.29, 1.82) is 0 Å². The summed E-state index contributed by atoms with van der Waals surface area (Å²) in [4.78, 5) is 31.9. The molecule has 26 heavy (non-hydrogen) atoms. The van der Waals surface area contributed by atoms with Crippen LogP contribution in [-0.4, -0.2) is 46.5 Å². The second kappa shape index (κ2) is 8.47. The van der Waals surface area contributed by atoms with E-state index in [1.165, 1.54) is 0 Å². The van der Waals surface area contributed by atoms with E-state index < -0.39 is 11.9 Å². The molecule has 0 bridgehead atoms. The van der Waals surface area contributed by atoms with Crippen LogP contribution >= 0.6 is 0 Å². The molecule has 0 aliphatic carbocycles. The molecule has 0 saturated carbocycles. The molecule has 6 nitrogen and oxygen atoms in total. The Bertz CT molecular complexity index is 736. The summed E-state index contributed by atoms with van der Waals surface area (Å²) in [5.41, 5.74) is 1.97. The lowest BCUT2D eigenvalue weighted by Crippen LogP contribution is -2.46. The number of likely N-dealkylation sites (tertiary alicyclic amines) is 1. The lowest BCUT2D eigenvalue weighted by Gasteiger charge is -2.33. The van der Waals surface area contributed by atoms with Gasteiger partial charge in [0, 0.05) is 37.7 Å². The number of anilines is 1. The summed E-state index contributed by atoms with van der Waals surface area (Å²) < 4.78 is 0. The van der Waals surface area contributed by atoms with Crippen LogP contribution in [0, 0.1) is 5.92 Å². The number of rotatable bonds is 6. The predicted molar refractivity (Wildman–Crippen MR) is 98.7 cm³/mol. The molecular weight excluding hydrogens is 330 g/mol. The third-order valence-electron chi connectivity index (χ3n) is 4.67. The highest BCUT2D eigenvalue weighted by Crippen LogP contribution is 2.20. The van der Waals surface area contributed by atoms with Crippen LogP contribution in [-0.2, 0) is 16.1 Å². The fourth-order valence-corrected chi connectivity index (χ4v) is 3.26. The van der Waals surface area contributed by atoms with Crippen molar-refractivity contribution in [2.75, 3.05) is 24.5 Å². The number of nitrogens with zero attached hydrogens (tertiary/aromatic N) is 3. The molecule has 3 rings (SSSR count). The van der Waals surface area contributed by atoms with Gasteiger partial charge < -0.3 is 14.9 Å². The summed E-state index contributed by atoms with van der Waals surface area (Å²) >= 11 is 0. The molecule has 2 heterocycles. The summed E-state index contributed by atoms with van der Waals surface area (Å²) in [6, 6.07) is 13.6. The van der Waals surface area contributed by atoms with Gasteiger partial charge in [-0.1, -0.05) is 24.3 Å². The fraction of sp³-hybridized carbons (Fsp3) is 0.350. The molecule has 1 fully saturated rings. The summed E-state index contributed by atoms with van der Waals surface area (Å²) in [5, 5.41) is 9.24. The highest BCUT2D eigenvalue weighted by atomic mass is 16.4. The molecule has 1 aromatic heterocycles. The number of hydrogen-bond donors (Lipinski definition) is 1. The molecule has 1 aliphatic rings. The summed E-state index contributed by atoms with van der Waals surface area (Å²) in [6.07, 6.45) is 4.89. The van der Waals surface area contributed by atoms with E-state index in [-0.39, 0.29) is 12.5 Å². The standard InChI is InChI=1S/C20H23N3O3/c24-19(22-11-5-7-17(14-22)20(25)26)15-23(18-8-2-1-3-9-18)13-16-6-4-10-21-12-16/h1-4,6,8-10,12,17H,5,7,11,13-15H2,(H,25,26). The van der Waals surface area contributed by atoms with Crippen LogP contribution in [0.2, 0.25) is 0 Å². The van der Waals surface area contributed by atoms with E-state index in [0.29, 0.717) is 26.1 Å². The SMILES string of the molecule is O=C(O)C1CCCN(C(=O)CN(Cc2cccnc2)c2ccccc2)C1. The van der Waals surface area contributed by atoms with Gasteiger partial charge in [-0.15, -0.1) is 0 Å². The van der Waals surface area contributed by atoms with Crippen LogP contribution in [0.5, 0.6) is 0 Å². The average Bonchev–Trinajstić information content (AvgIpc) is 2.69. The van der Waals surface area contributed by atoms with Crippen LogP contribution < -0.4 is 4.90 Å². The largest absolute Gasteiger partial charge is 0.481 e. The Morgan fingerprint density at radius 2 is 2.00 bits per heavy atom. The van der Waals surface area contributed by atoms with Gasteiger partial charge in [0.2, 0.25) is 5.91 Å². The minimum atomic E-state index is -0.822. The Kier molecular flexibility index (Phi) is 5.84. The molecule has 1 N–H and O–H groups in total. The van der Waals surface area contributed by atoms with Crippen molar-refractivity contribution >= 4 is 17.6 Å². The van der Waals surface area contributed by atoms with Crippen LogP contribution in [0.3, 0.4) is 0 Å². The van der Waals surface area contributed by atoms with Crippen molar-refractivity contribution in [1.82, 2.24) is 9.88 Å². The molecule has 0 spiro atoms. The van der Waals surface area contributed by atoms with Crippen molar-refractivity contribution in [3.63, 3.8) is 0 Å². The summed E-state index contributed by atoms with van der Waals surface area (Å²) in [6.45, 7) is 1.70. The van der Waals surface area contributed by atoms with Crippen LogP contribution in [0.4, 0.5) is 5.69 Å². The van der Waals surface area contributed by atoms with E-state index in [2.05, 4.69) is 4.98 Å². The maximum absolute atomic E-state index is 12.8. The monoisotopic (exact) mass is 353 g/mol. The van der Waals surface area contributed by atoms with Crippen LogP contribution in [0.25, 0.3) is 0 Å². The van der Waals surface area contributed by atoms with E-state index in [1.54, 1.807) is 17.3 Å². The van der Waals surface area contributed by atoms with E-state index >= 15 is 0 Å². The normalized spacial score (nSPS) is 16.9. The Morgan fingerprint density at radius 3 is 2.69 bits per heavy atom. The first-order valence-electron chi connectivity index (χ1n) is 8.83. The van der Waals surface area contributed by atoms with Gasteiger partial charge in [0.05, 0.1) is 12.5 Å². The topological polar surface area (TPSA) is 73.7 Å². The van der Waals surface area contributed by atoms with Gasteiger partial charge in [-0.2, -0.15) is 0 Å². The molecule has 1 aliphatic heterocycles. The quantitative estimate of drug-likeness (QED) is 0.863. The number of pyridine rings is 1. The zero-order chi connectivity index (χ0) is 18.4. The molecule has 136 valence electrons. The number of carbonyl (C=O) groups is 2. The number of aliphatic carboxylic acids is 1. The first-order chi connectivity index (χ1) is 12.6. The number of carboxylic acid groups (broad SMARTS) is 1. The lowest BCUT2D eigenvalue weighted by atomic mass is 9.98. The Hall–Kier alpha value is -2.89. The second-order valence-electron chi connectivity index (χ2n) is 6.57. The van der Waals surface area contributed by atoms with Gasteiger partial charge >= 0.3 is 5.97 Å². The average molecular weight is 353 g/mol. The van der Waals surface area contributed by atoms with E-state index in [0.717, 1.165) is 17.7 Å². The molecule has 0 radical (unpaired) electrons. The Balaban J connectivity index is 1.72. The highest BCUT2D eigenvalue weighted by molar-refractivity contribution is 5.82. The summed E-state index contributed by atoms with van der Waals surface area (Å²) in [7, 11) is 0. The number of para-hydroxylation sites is 1. The number of carbonyl (C=O) groups excluding carboxylic acids is 1. The number of benzene rings is 1. The summed E-state index contributed by atoms with van der Waals surface area (Å²) in [5.74, 6) is -1.32. The van der Waals surface area contributed by atoms with E-state index in [4.69, 9.17) is 0 Å². The van der Waals surface area contributed by atoms with Crippen molar-refractivity contribution in [3.8, 4) is 0 Å². The van der Waals surface area contributed by atoms with Crippen molar-refractivity contribution in [3.05, 3.63) is 60.4 Å². The van der Waals surface area contributed by atoms with Gasteiger partial charge in [-0.3, -0.25) is 14.6 Å². The molecule has 1 saturated heterocycles. The zero-order valence-electron chi connectivity index (χ0n) is 14.6. The lowest BCUT2D eigenvalue weighted by molar-refractivity contribution is -0.145. The maximum atomic E-state index is 12.8. The number of amides is 1. The Morgan fingerprint density at radius 1 is 1.19 bits per heavy atom. The second-order valence-corrected chi connectivity index (χ2v) is 6.57. The zero-order valence-corrected chi connectivity index (χ0v) is 14.6. The molecule has 1 unspecified atom stereocenters. The van der Waals surface area contributed by atoms with Gasteiger partial charge in [0.15, 0.2) is 0 Å².